The third kappa shape index (κ3) is 22.9. The largest absolute Gasteiger partial charge is 0.547 e. The van der Waals surface area contributed by atoms with Crippen molar-refractivity contribution >= 4 is 84.4 Å². The highest BCUT2D eigenvalue weighted by Gasteiger charge is 2.63. The van der Waals surface area contributed by atoms with Crippen LogP contribution >= 0.6 is 31.1 Å². The van der Waals surface area contributed by atoms with Gasteiger partial charge in [-0.1, -0.05) is 99.5 Å². The van der Waals surface area contributed by atoms with Gasteiger partial charge >= 0.3 is 7.94 Å². The fourth-order valence-electron chi connectivity index (χ4n) is 19.5. The van der Waals surface area contributed by atoms with Crippen molar-refractivity contribution in [1.29, 1.82) is 0 Å². The van der Waals surface area contributed by atoms with Crippen LogP contribution in [0, 0.1) is 5.92 Å². The fraction of sp³-hybridized carbons (Fsp3) is 0.485. The molecule has 0 unspecified atom stereocenters. The zero-order valence-electron chi connectivity index (χ0n) is 79.2. The number of carboxylic acids is 1. The lowest BCUT2D eigenvalue weighted by atomic mass is 9.89. The average Bonchev–Trinajstić information content (AvgIpc) is 1.67. The second-order valence-electron chi connectivity index (χ2n) is 37.9. The summed E-state index contributed by atoms with van der Waals surface area (Å²) in [6.45, 7) is 7.25. The number of ether oxygens (including phenoxy) is 7. The lowest BCUT2D eigenvalue weighted by Gasteiger charge is -2.43. The number of aliphatic hydroxyl groups excluding tert-OH is 7. The van der Waals surface area contributed by atoms with Gasteiger partial charge in [-0.25, -0.2) is 0 Å². The summed E-state index contributed by atoms with van der Waals surface area (Å²) in [4.78, 5) is 144. The Hall–Kier alpha value is -11.6. The highest BCUT2D eigenvalue weighted by Crippen LogP contribution is 2.71. The van der Waals surface area contributed by atoms with Crippen molar-refractivity contribution in [3.05, 3.63) is 164 Å². The zero-order valence-corrected chi connectivity index (χ0v) is 81.6. The molecule has 44 heteroatoms. The number of carbonyl (C=O) groups is 9. The number of benzene rings is 7. The molecule has 143 heavy (non-hydrogen) atoms. The van der Waals surface area contributed by atoms with Crippen molar-refractivity contribution in [2.75, 3.05) is 80.1 Å². The fourth-order valence-corrected chi connectivity index (χ4v) is 24.3. The standard InChI is InChI=1S/C99H120Cl2N13O28P/c1-49(2)18-9-7-6-8-10-19-72(119)105-81-84(122)86(124)89(97(133)134)141-98(81)140-88-69-42-54-43-70(88)137-65-29-24-53(40-61(65)100)82(120)80-96(132)109-78(91(127)103-30-17-31-111(4)5)59-44-55(116)45-67(138-99-87(125)85(123)83(121)71(48-115)139-99)73(59)58-39-51(22-27-63(58)117)76(93(129)110-80)106-94(130)77(54)107-95(131)79-60-46-57(47-68(74(60)101)142-143(112-32-11-12-33-112,113-34-13-14-35-113)114-36-15-16-37-114)136-66-41-52(23-28-64(66)118)75(102-3)92(128)104-62(90(126)108-79)38-50-20-25-56(135-69)26-21-50/h20-29,39-47,49,62,71,75-87,89,98-99,102,115,120-125H,6-19,30-38,48H2,1-5H3,(H11-,103,104,105,106,107,108,109,110,116,117,118,119,126,127,128,129,130,131,132,133,134)/t62-,71-,75-,76-,77-,78-,79+,80+,81-,82-,83-,84-,85+,86+,87+,89+,98-,99+/m1/s1. The van der Waals surface area contributed by atoms with Gasteiger partial charge in [0.1, 0.15) is 132 Å². The summed E-state index contributed by atoms with van der Waals surface area (Å²) in [6, 6.07) is 7.22. The van der Waals surface area contributed by atoms with Crippen LogP contribution in [0.15, 0.2) is 115 Å². The van der Waals surface area contributed by atoms with E-state index in [2.05, 4.69) is 75.7 Å². The van der Waals surface area contributed by atoms with Crippen molar-refractivity contribution in [1.82, 2.24) is 66.8 Å². The van der Waals surface area contributed by atoms with Crippen LogP contribution in [-0.2, 0) is 59.0 Å². The topological polar surface area (TPSA) is 574 Å². The summed E-state index contributed by atoms with van der Waals surface area (Å²) in [5, 5.41) is 155. The lowest BCUT2D eigenvalue weighted by molar-refractivity contribution is -0.336. The van der Waals surface area contributed by atoms with E-state index in [4.69, 9.17) is 60.9 Å². The number of aliphatic hydroxyl groups is 7. The normalized spacial score (nSPS) is 26.6. The number of phenolic OH excluding ortho intramolecular Hbond substituents is 3. The molecule has 11 aliphatic heterocycles. The molecule has 18 atom stereocenters. The summed E-state index contributed by atoms with van der Waals surface area (Å²) in [7, 11) is 1.81. The first-order chi connectivity index (χ1) is 68.6. The van der Waals surface area contributed by atoms with Gasteiger partial charge in [0, 0.05) is 87.5 Å². The van der Waals surface area contributed by atoms with Crippen molar-refractivity contribution in [3.63, 3.8) is 0 Å². The van der Waals surface area contributed by atoms with Crippen molar-refractivity contribution < 1.29 is 137 Å². The highest BCUT2D eigenvalue weighted by atomic mass is 35.5. The van der Waals surface area contributed by atoms with E-state index in [1.165, 1.54) is 67.7 Å². The molecule has 19 N–H and O–H groups in total. The monoisotopic (exact) mass is 2040 g/mol. The molecule has 41 nitrogen and oxygen atoms in total. The van der Waals surface area contributed by atoms with Crippen molar-refractivity contribution in [3.8, 4) is 80.1 Å². The number of aromatic hydroxyl groups is 3. The van der Waals surface area contributed by atoms with Gasteiger partial charge in [0.05, 0.1) is 22.6 Å². The first kappa shape index (κ1) is 104. The minimum absolute atomic E-state index is 0.0820. The van der Waals surface area contributed by atoms with Crippen LogP contribution in [0.4, 0.5) is 0 Å². The number of aliphatic carboxylic acids is 1. The molecule has 0 aromatic heterocycles. The van der Waals surface area contributed by atoms with Crippen LogP contribution in [-0.4, -0.2) is 277 Å². The van der Waals surface area contributed by atoms with Gasteiger partial charge in [-0.3, -0.25) is 42.9 Å². The molecule has 0 aliphatic carbocycles. The summed E-state index contributed by atoms with van der Waals surface area (Å²) in [5.74, 6) is -16.3. The van der Waals surface area contributed by atoms with Crippen molar-refractivity contribution in [2.24, 2.45) is 5.92 Å². The maximum Gasteiger partial charge on any atom is 0.417 e. The molecule has 0 saturated carbocycles. The van der Waals surface area contributed by atoms with E-state index in [0.29, 0.717) is 70.1 Å². The molecular weight excluding hydrogens is 1920 g/mol. The number of unbranched alkanes of at least 4 members (excludes halogenated alkanes) is 4. The van der Waals surface area contributed by atoms with Crippen LogP contribution < -0.4 is 81.2 Å². The van der Waals surface area contributed by atoms with E-state index in [1.807, 2.05) is 4.90 Å². The van der Waals surface area contributed by atoms with Crippen LogP contribution in [0.1, 0.15) is 179 Å². The molecule has 0 radical (unpaired) electrons. The first-order valence-corrected chi connectivity index (χ1v) is 50.5. The first-order valence-electron chi connectivity index (χ1n) is 48.1. The van der Waals surface area contributed by atoms with Gasteiger partial charge in [0.15, 0.2) is 23.0 Å². The predicted molar refractivity (Wildman–Crippen MR) is 513 cm³/mol. The molecule has 18 rings (SSSR count). The van der Waals surface area contributed by atoms with E-state index in [9.17, 15) is 65.8 Å². The Labute approximate surface area is 834 Å². The van der Waals surface area contributed by atoms with Crippen LogP contribution in [0.25, 0.3) is 11.1 Å². The number of carbonyl (C=O) groups excluding carboxylic acids is 9. The second-order valence-corrected chi connectivity index (χ2v) is 41.6. The third-order valence-corrected chi connectivity index (χ3v) is 31.6. The number of hydrogen-bond acceptors (Lipinski definition) is 33. The predicted octanol–water partition coefficient (Wildman–Crippen LogP) is 5.08. The molecule has 5 saturated heterocycles. The van der Waals surface area contributed by atoms with E-state index in [1.54, 1.807) is 14.1 Å². The number of hydrogen-bond donors (Lipinski definition) is 19. The molecule has 0 spiro atoms. The number of halogens is 2. The smallest absolute Gasteiger partial charge is 0.417 e. The Morgan fingerprint density at radius 3 is 1.83 bits per heavy atom. The lowest BCUT2D eigenvalue weighted by Crippen LogP contribution is -2.67. The third-order valence-electron chi connectivity index (χ3n) is 27.0. The van der Waals surface area contributed by atoms with Crippen LogP contribution in [0.5, 0.6) is 69.0 Å². The SMILES string of the molecule is CN[C@H]1C(=O)N[C@@H]2Cc3ccc(cc3)Oc3cc4cc(c3O[C@@H]3O[C@H](C(=O)[O-])[C@@H](O)[C@H](O)[C@H]3NC(=O)CCCCCCCC(C)C)Oc3ccc(cc3Cl)[C@@H](O)[C@@H]3NC(=O)[C@H](NC(=O)[C@@H]4NC(=O)[C@@H](NC2=O)c2cc(cc(O[P+](N4CCCC4)(N4CCCC4)N4CCCC4)c2Cl)Oc2cc1ccc2O)c1ccc(O)c(c1)-c1c(O[C@H]2O[C@H](CO)[C@@H](O)[C@H](O)[C@@H]2O)cc(O)cc1[C@H](C(=O)NCCCN(C)C)NC3=O. The second kappa shape index (κ2) is 45.4. The maximum atomic E-state index is 17.4. The number of rotatable bonds is 26. The van der Waals surface area contributed by atoms with Gasteiger partial charge in [0.25, 0.3) is 0 Å². The van der Waals surface area contributed by atoms with Gasteiger partial charge in [-0.2, -0.15) is 0 Å². The Morgan fingerprint density at radius 2 is 1.17 bits per heavy atom. The number of nitrogens with one attached hydrogen (secondary N) is 9. The van der Waals surface area contributed by atoms with Crippen LogP contribution in [0.2, 0.25) is 10.0 Å². The minimum atomic E-state index is -3.22. The number of amides is 8. The summed E-state index contributed by atoms with van der Waals surface area (Å²) >= 11 is 15.5. The molecule has 7 aromatic carbocycles. The number of carboxylic acid groups (broad SMARTS) is 1. The number of likely N-dealkylation sites (N-methyl/N-ethyl adjacent to an activating group) is 1. The molecule has 8 amide bonds. The van der Waals surface area contributed by atoms with Gasteiger partial charge in [0.2, 0.25) is 71.3 Å². The zero-order chi connectivity index (χ0) is 102. The quantitative estimate of drug-likeness (QED) is 0.0248. The molecular formula is C99H120Cl2N13O28P. The van der Waals surface area contributed by atoms with Crippen LogP contribution in [0.3, 0.4) is 0 Å². The Balaban J connectivity index is 0.935. The van der Waals surface area contributed by atoms with Gasteiger partial charge in [-0.15, -0.1) is 14.0 Å². The maximum absolute atomic E-state index is 17.4. The molecule has 17 bridgehead atoms. The van der Waals surface area contributed by atoms with Gasteiger partial charge < -0.3 is 147 Å². The summed E-state index contributed by atoms with van der Waals surface area (Å²) in [5.41, 5.74) is -2.30. The number of phenols is 3. The minimum Gasteiger partial charge on any atom is -0.547 e. The van der Waals surface area contributed by atoms with Gasteiger partial charge in [-0.05, 0) is 191 Å². The number of nitrogens with zero attached hydrogens (tertiary/aromatic N) is 4. The Bertz CT molecular complexity index is 5840. The number of fused-ring (bicyclic) bond motifs is 14. The van der Waals surface area contributed by atoms with E-state index in [-0.39, 0.29) is 70.5 Å². The summed E-state index contributed by atoms with van der Waals surface area (Å²) in [6.07, 6.45) is -12.3. The molecule has 11 aliphatic rings. The van der Waals surface area contributed by atoms with E-state index >= 15 is 33.6 Å². The highest BCUT2D eigenvalue weighted by molar-refractivity contribution is 7.64. The Kier molecular flexibility index (Phi) is 33.1. The molecule has 7 aromatic rings. The molecule has 11 heterocycles. The molecule has 768 valence electrons. The molecule has 5 fully saturated rings. The van der Waals surface area contributed by atoms with E-state index < -0.39 is 256 Å². The summed E-state index contributed by atoms with van der Waals surface area (Å²) < 4.78 is 60.4. The average molecular weight is 2040 g/mol. The van der Waals surface area contributed by atoms with Crippen molar-refractivity contribution in [2.45, 2.75) is 220 Å². The van der Waals surface area contributed by atoms with E-state index in [0.717, 1.165) is 119 Å². The Morgan fingerprint density at radius 1 is 0.559 bits per heavy atom.